The predicted octanol–water partition coefficient (Wildman–Crippen LogP) is 3.51. The molecular weight excluding hydrogens is 300 g/mol. The fourth-order valence-electron chi connectivity index (χ4n) is 2.62. The molecule has 1 N–H and O–H groups in total. The van der Waals surface area contributed by atoms with Crippen LogP contribution in [0.5, 0.6) is 5.75 Å². The zero-order chi connectivity index (χ0) is 16.9. The van der Waals surface area contributed by atoms with Gasteiger partial charge in [0.15, 0.2) is 0 Å². The van der Waals surface area contributed by atoms with Gasteiger partial charge in [-0.25, -0.2) is 4.99 Å². The van der Waals surface area contributed by atoms with Crippen LogP contribution in [0.3, 0.4) is 0 Å². The van der Waals surface area contributed by atoms with Gasteiger partial charge in [0.1, 0.15) is 17.3 Å². The van der Waals surface area contributed by atoms with Gasteiger partial charge in [-0.3, -0.25) is 4.79 Å². The first-order chi connectivity index (χ1) is 11.7. The summed E-state index contributed by atoms with van der Waals surface area (Å²) in [6.45, 7) is 2.04. The normalized spacial score (nSPS) is 15.3. The largest absolute Gasteiger partial charge is 0.496 e. The van der Waals surface area contributed by atoms with E-state index >= 15 is 0 Å². The molecule has 0 unspecified atom stereocenters. The average Bonchev–Trinajstić information content (AvgIpc) is 2.95. The number of para-hydroxylation sites is 1. The SMILES string of the molecule is COc1ccccc1CCC1=N/C(=C/c2ccc(C)cc2)C(=O)N1. The summed E-state index contributed by atoms with van der Waals surface area (Å²) in [7, 11) is 1.66. The van der Waals surface area contributed by atoms with Crippen LogP contribution in [0.4, 0.5) is 0 Å². The molecule has 0 fully saturated rings. The van der Waals surface area contributed by atoms with Gasteiger partial charge in [0.2, 0.25) is 0 Å². The van der Waals surface area contributed by atoms with E-state index in [-0.39, 0.29) is 5.91 Å². The Hall–Kier alpha value is -2.88. The van der Waals surface area contributed by atoms with Crippen LogP contribution in [0, 0.1) is 6.92 Å². The molecule has 0 atom stereocenters. The van der Waals surface area contributed by atoms with Gasteiger partial charge in [0, 0.05) is 6.42 Å². The number of benzene rings is 2. The van der Waals surface area contributed by atoms with Crippen molar-refractivity contribution in [3.63, 3.8) is 0 Å². The number of amides is 1. The molecule has 0 spiro atoms. The van der Waals surface area contributed by atoms with E-state index in [1.165, 1.54) is 5.56 Å². The third-order valence-corrected chi connectivity index (χ3v) is 3.95. The number of carbonyl (C=O) groups is 1. The number of carbonyl (C=O) groups excluding carboxylic acids is 1. The lowest BCUT2D eigenvalue weighted by atomic mass is 10.1. The van der Waals surface area contributed by atoms with Gasteiger partial charge in [0.25, 0.3) is 5.91 Å². The third kappa shape index (κ3) is 3.71. The molecule has 1 aliphatic heterocycles. The quantitative estimate of drug-likeness (QED) is 0.857. The lowest BCUT2D eigenvalue weighted by Crippen LogP contribution is -2.24. The Morgan fingerprint density at radius 2 is 1.83 bits per heavy atom. The highest BCUT2D eigenvalue weighted by Gasteiger charge is 2.19. The van der Waals surface area contributed by atoms with Crippen molar-refractivity contribution in [1.82, 2.24) is 5.32 Å². The Morgan fingerprint density at radius 1 is 1.08 bits per heavy atom. The first kappa shape index (κ1) is 16.0. The highest BCUT2D eigenvalue weighted by molar-refractivity contribution is 6.14. The van der Waals surface area contributed by atoms with Crippen LogP contribution in [-0.4, -0.2) is 18.9 Å². The fourth-order valence-corrected chi connectivity index (χ4v) is 2.62. The highest BCUT2D eigenvalue weighted by atomic mass is 16.5. The van der Waals surface area contributed by atoms with E-state index in [1.807, 2.05) is 61.5 Å². The molecule has 2 aromatic rings. The summed E-state index contributed by atoms with van der Waals surface area (Å²) >= 11 is 0. The van der Waals surface area contributed by atoms with E-state index in [0.717, 1.165) is 23.3 Å². The molecule has 0 radical (unpaired) electrons. The number of nitrogens with zero attached hydrogens (tertiary/aromatic N) is 1. The maximum Gasteiger partial charge on any atom is 0.275 e. The van der Waals surface area contributed by atoms with Crippen molar-refractivity contribution in [3.05, 3.63) is 70.9 Å². The minimum absolute atomic E-state index is 0.148. The molecule has 2 aromatic carbocycles. The fraction of sp³-hybridized carbons (Fsp3) is 0.200. The minimum atomic E-state index is -0.148. The molecule has 4 heteroatoms. The molecule has 1 amide bonds. The number of hydrogen-bond donors (Lipinski definition) is 1. The van der Waals surface area contributed by atoms with Crippen LogP contribution in [0.15, 0.2) is 59.2 Å². The number of hydrogen-bond acceptors (Lipinski definition) is 3. The molecule has 1 heterocycles. The smallest absolute Gasteiger partial charge is 0.275 e. The number of methoxy groups -OCH3 is 1. The molecule has 0 aromatic heterocycles. The number of nitrogens with one attached hydrogen (secondary N) is 1. The van der Waals surface area contributed by atoms with Crippen molar-refractivity contribution in [2.24, 2.45) is 4.99 Å². The van der Waals surface area contributed by atoms with Crippen molar-refractivity contribution in [2.45, 2.75) is 19.8 Å². The van der Waals surface area contributed by atoms with Crippen molar-refractivity contribution in [1.29, 1.82) is 0 Å². The highest BCUT2D eigenvalue weighted by Crippen LogP contribution is 2.20. The Bertz CT molecular complexity index is 805. The number of aliphatic imine (C=N–C) groups is 1. The van der Waals surface area contributed by atoms with Gasteiger partial charge in [-0.1, -0.05) is 48.0 Å². The van der Waals surface area contributed by atoms with Crippen molar-refractivity contribution in [3.8, 4) is 5.75 Å². The van der Waals surface area contributed by atoms with E-state index < -0.39 is 0 Å². The van der Waals surface area contributed by atoms with Crippen molar-refractivity contribution < 1.29 is 9.53 Å². The van der Waals surface area contributed by atoms with Gasteiger partial charge in [-0.2, -0.15) is 0 Å². The second kappa shape index (κ2) is 7.13. The summed E-state index contributed by atoms with van der Waals surface area (Å²) in [6.07, 6.45) is 3.24. The van der Waals surface area contributed by atoms with Crippen LogP contribution in [0.25, 0.3) is 6.08 Å². The van der Waals surface area contributed by atoms with E-state index in [4.69, 9.17) is 4.74 Å². The molecule has 122 valence electrons. The zero-order valence-electron chi connectivity index (χ0n) is 13.9. The van der Waals surface area contributed by atoms with Crippen LogP contribution in [0.1, 0.15) is 23.1 Å². The van der Waals surface area contributed by atoms with Gasteiger partial charge in [-0.15, -0.1) is 0 Å². The van der Waals surface area contributed by atoms with E-state index in [2.05, 4.69) is 10.3 Å². The molecule has 0 saturated carbocycles. The third-order valence-electron chi connectivity index (χ3n) is 3.95. The summed E-state index contributed by atoms with van der Waals surface area (Å²) in [4.78, 5) is 16.5. The summed E-state index contributed by atoms with van der Waals surface area (Å²) in [6, 6.07) is 15.9. The maximum absolute atomic E-state index is 12.1. The molecular formula is C20H20N2O2. The zero-order valence-corrected chi connectivity index (χ0v) is 13.9. The molecule has 3 rings (SSSR count). The summed E-state index contributed by atoms with van der Waals surface area (Å²) in [5, 5.41) is 2.85. The number of amidine groups is 1. The van der Waals surface area contributed by atoms with Gasteiger partial charge >= 0.3 is 0 Å². The minimum Gasteiger partial charge on any atom is -0.496 e. The van der Waals surface area contributed by atoms with Crippen molar-refractivity contribution >= 4 is 17.8 Å². The predicted molar refractivity (Wildman–Crippen MR) is 96.0 cm³/mol. The van der Waals surface area contributed by atoms with Gasteiger partial charge < -0.3 is 10.1 Å². The molecule has 24 heavy (non-hydrogen) atoms. The molecule has 0 aliphatic carbocycles. The Morgan fingerprint density at radius 3 is 2.58 bits per heavy atom. The summed E-state index contributed by atoms with van der Waals surface area (Å²) < 4.78 is 5.35. The Kier molecular flexibility index (Phi) is 4.75. The summed E-state index contributed by atoms with van der Waals surface area (Å²) in [5.74, 6) is 1.41. The van der Waals surface area contributed by atoms with E-state index in [9.17, 15) is 4.79 Å². The van der Waals surface area contributed by atoms with E-state index in [0.29, 0.717) is 18.0 Å². The van der Waals surface area contributed by atoms with Gasteiger partial charge in [0.05, 0.1) is 7.11 Å². The first-order valence-electron chi connectivity index (χ1n) is 7.95. The topological polar surface area (TPSA) is 50.7 Å². The lowest BCUT2D eigenvalue weighted by Gasteiger charge is -2.07. The molecule has 0 bridgehead atoms. The second-order valence-electron chi connectivity index (χ2n) is 5.76. The average molecular weight is 320 g/mol. The standard InChI is InChI=1S/C20H20N2O2/c1-14-7-9-15(10-8-14)13-17-20(23)22-19(21-17)12-11-16-5-3-4-6-18(16)24-2/h3-10,13H,11-12H2,1-2H3,(H,21,22,23)/b17-13+. The van der Waals surface area contributed by atoms with Crippen LogP contribution in [-0.2, 0) is 11.2 Å². The monoisotopic (exact) mass is 320 g/mol. The van der Waals surface area contributed by atoms with Crippen molar-refractivity contribution in [2.75, 3.05) is 7.11 Å². The maximum atomic E-state index is 12.1. The van der Waals surface area contributed by atoms with Crippen LogP contribution >= 0.6 is 0 Å². The number of ether oxygens (including phenoxy) is 1. The molecule has 4 nitrogen and oxygen atoms in total. The van der Waals surface area contributed by atoms with Crippen LogP contribution < -0.4 is 10.1 Å². The van der Waals surface area contributed by atoms with Crippen LogP contribution in [0.2, 0.25) is 0 Å². The van der Waals surface area contributed by atoms with Gasteiger partial charge in [-0.05, 0) is 36.6 Å². The molecule has 0 saturated heterocycles. The Balaban J connectivity index is 1.71. The number of aryl methyl sites for hydroxylation is 2. The number of rotatable bonds is 5. The first-order valence-corrected chi connectivity index (χ1v) is 7.95. The second-order valence-corrected chi connectivity index (χ2v) is 5.76. The van der Waals surface area contributed by atoms with E-state index in [1.54, 1.807) is 7.11 Å². The lowest BCUT2D eigenvalue weighted by molar-refractivity contribution is -0.115. The Labute approximate surface area is 141 Å². The molecule has 1 aliphatic rings. The summed E-state index contributed by atoms with van der Waals surface area (Å²) in [5.41, 5.74) is 3.72.